The summed E-state index contributed by atoms with van der Waals surface area (Å²) in [5.74, 6) is 0.674. The van der Waals surface area contributed by atoms with Crippen molar-refractivity contribution in [3.63, 3.8) is 0 Å². The Morgan fingerprint density at radius 1 is 1.42 bits per heavy atom. The monoisotopic (exact) mass is 266 g/mol. The van der Waals surface area contributed by atoms with E-state index in [1.54, 1.807) is 4.68 Å². The Bertz CT molecular complexity index is 373. The van der Waals surface area contributed by atoms with Gasteiger partial charge in [-0.3, -0.25) is 4.68 Å². The molecule has 0 aliphatic heterocycles. The molecule has 1 fully saturated rings. The van der Waals surface area contributed by atoms with Crippen molar-refractivity contribution in [2.75, 3.05) is 14.2 Å². The Hall–Kier alpha value is -0.940. The molecule has 0 bridgehead atoms. The van der Waals surface area contributed by atoms with Crippen molar-refractivity contribution in [2.24, 2.45) is 13.0 Å². The van der Waals surface area contributed by atoms with Crippen LogP contribution in [0, 0.1) is 5.92 Å². The molecule has 2 atom stereocenters. The van der Waals surface area contributed by atoms with E-state index in [0.717, 1.165) is 12.1 Å². The smallest absolute Gasteiger partial charge is 0.0843 e. The summed E-state index contributed by atoms with van der Waals surface area (Å²) >= 11 is 0. The van der Waals surface area contributed by atoms with Gasteiger partial charge in [-0.15, -0.1) is 5.10 Å². The summed E-state index contributed by atoms with van der Waals surface area (Å²) in [6.45, 7) is 0. The molecule has 0 aromatic carbocycles. The molecule has 5 heteroatoms. The number of nitrogens with one attached hydrogen (secondary N) is 1. The van der Waals surface area contributed by atoms with Gasteiger partial charge in [-0.05, 0) is 25.8 Å². The maximum absolute atomic E-state index is 5.80. The van der Waals surface area contributed by atoms with Crippen LogP contribution in [0.5, 0.6) is 0 Å². The number of hydrogen-bond donors (Lipinski definition) is 1. The van der Waals surface area contributed by atoms with Gasteiger partial charge in [0.05, 0.1) is 11.8 Å². The number of aromatic nitrogens is 3. The highest BCUT2D eigenvalue weighted by atomic mass is 16.5. The maximum Gasteiger partial charge on any atom is 0.0843 e. The lowest BCUT2D eigenvalue weighted by molar-refractivity contribution is 0.00993. The van der Waals surface area contributed by atoms with Crippen molar-refractivity contribution in [2.45, 2.75) is 50.7 Å². The normalized spacial score (nSPS) is 20.4. The third kappa shape index (κ3) is 3.76. The minimum Gasteiger partial charge on any atom is -0.380 e. The minimum absolute atomic E-state index is 0.271. The van der Waals surface area contributed by atoms with Crippen molar-refractivity contribution < 1.29 is 4.74 Å². The molecule has 1 heterocycles. The van der Waals surface area contributed by atoms with E-state index in [9.17, 15) is 0 Å². The zero-order valence-electron chi connectivity index (χ0n) is 12.3. The van der Waals surface area contributed by atoms with E-state index in [2.05, 4.69) is 15.6 Å². The number of aryl methyl sites for hydroxylation is 1. The Balaban J connectivity index is 2.00. The molecule has 1 aromatic rings. The van der Waals surface area contributed by atoms with Crippen molar-refractivity contribution in [3.05, 3.63) is 11.9 Å². The first kappa shape index (κ1) is 14.5. The zero-order chi connectivity index (χ0) is 13.7. The Morgan fingerprint density at radius 3 is 2.68 bits per heavy atom. The Morgan fingerprint density at radius 2 is 2.16 bits per heavy atom. The Kier molecular flexibility index (Phi) is 5.34. The molecule has 1 aliphatic carbocycles. The maximum atomic E-state index is 5.80. The topological polar surface area (TPSA) is 52.0 Å². The summed E-state index contributed by atoms with van der Waals surface area (Å²) < 4.78 is 7.56. The Labute approximate surface area is 115 Å². The van der Waals surface area contributed by atoms with Crippen LogP contribution in [0.25, 0.3) is 0 Å². The van der Waals surface area contributed by atoms with Crippen LogP contribution >= 0.6 is 0 Å². The van der Waals surface area contributed by atoms with Gasteiger partial charge in [0.1, 0.15) is 0 Å². The molecule has 5 nitrogen and oxygen atoms in total. The lowest BCUT2D eigenvalue weighted by Crippen LogP contribution is -2.45. The van der Waals surface area contributed by atoms with Crippen LogP contribution in [0.4, 0.5) is 0 Å². The average molecular weight is 266 g/mol. The molecule has 2 unspecified atom stereocenters. The summed E-state index contributed by atoms with van der Waals surface area (Å²) in [6, 6.07) is 0.310. The van der Waals surface area contributed by atoms with Gasteiger partial charge in [0.2, 0.25) is 0 Å². The quantitative estimate of drug-likeness (QED) is 0.848. The second kappa shape index (κ2) is 7.01. The van der Waals surface area contributed by atoms with E-state index in [4.69, 9.17) is 4.74 Å². The summed E-state index contributed by atoms with van der Waals surface area (Å²) in [6.07, 6.45) is 9.76. The van der Waals surface area contributed by atoms with Crippen molar-refractivity contribution in [3.8, 4) is 0 Å². The predicted molar refractivity (Wildman–Crippen MR) is 74.9 cm³/mol. The molecule has 1 aliphatic rings. The second-order valence-electron chi connectivity index (χ2n) is 5.58. The molecule has 1 aromatic heterocycles. The molecular weight excluding hydrogens is 240 g/mol. The van der Waals surface area contributed by atoms with E-state index >= 15 is 0 Å². The van der Waals surface area contributed by atoms with Crippen molar-refractivity contribution in [1.29, 1.82) is 0 Å². The van der Waals surface area contributed by atoms with E-state index in [1.807, 2.05) is 27.4 Å². The fourth-order valence-electron chi connectivity index (χ4n) is 3.24. The summed E-state index contributed by atoms with van der Waals surface area (Å²) in [7, 11) is 5.75. The first-order valence-corrected chi connectivity index (χ1v) is 7.30. The third-order valence-corrected chi connectivity index (χ3v) is 4.23. The van der Waals surface area contributed by atoms with Gasteiger partial charge in [0, 0.05) is 32.8 Å². The number of nitrogens with zero attached hydrogens (tertiary/aromatic N) is 3. The minimum atomic E-state index is 0.271. The molecule has 1 saturated carbocycles. The fraction of sp³-hybridized carbons (Fsp3) is 0.857. The molecular formula is C14H26N4O. The van der Waals surface area contributed by atoms with Crippen molar-refractivity contribution in [1.82, 2.24) is 20.3 Å². The lowest BCUT2D eigenvalue weighted by atomic mass is 9.81. The molecule has 0 radical (unpaired) electrons. The number of methoxy groups -OCH3 is 1. The summed E-state index contributed by atoms with van der Waals surface area (Å²) in [5.41, 5.74) is 1.03. The lowest BCUT2D eigenvalue weighted by Gasteiger charge is -2.34. The first-order chi connectivity index (χ1) is 9.24. The zero-order valence-corrected chi connectivity index (χ0v) is 12.3. The van der Waals surface area contributed by atoms with Gasteiger partial charge in [-0.1, -0.05) is 24.5 Å². The third-order valence-electron chi connectivity index (χ3n) is 4.23. The summed E-state index contributed by atoms with van der Waals surface area (Å²) in [4.78, 5) is 0. The molecule has 2 rings (SSSR count). The molecule has 0 saturated heterocycles. The van der Waals surface area contributed by atoms with Gasteiger partial charge in [0.15, 0.2) is 0 Å². The largest absolute Gasteiger partial charge is 0.380 e. The second-order valence-corrected chi connectivity index (χ2v) is 5.58. The van der Waals surface area contributed by atoms with Crippen LogP contribution in [0.3, 0.4) is 0 Å². The van der Waals surface area contributed by atoms with Gasteiger partial charge < -0.3 is 10.1 Å². The van der Waals surface area contributed by atoms with Crippen LogP contribution in [0.15, 0.2) is 6.20 Å². The number of likely N-dealkylation sites (N-methyl/N-ethyl adjacent to an activating group) is 1. The molecule has 1 N–H and O–H groups in total. The SMILES string of the molecule is CNC(Cc1cn(C)nn1)C(OC)C1CCCCC1. The summed E-state index contributed by atoms with van der Waals surface area (Å²) in [5, 5.41) is 11.6. The van der Waals surface area contributed by atoms with Gasteiger partial charge in [-0.25, -0.2) is 0 Å². The molecule has 0 spiro atoms. The van der Waals surface area contributed by atoms with Crippen LogP contribution in [-0.2, 0) is 18.2 Å². The predicted octanol–water partition coefficient (Wildman–Crippen LogP) is 1.54. The van der Waals surface area contributed by atoms with Gasteiger partial charge >= 0.3 is 0 Å². The highest BCUT2D eigenvalue weighted by molar-refractivity contribution is 4.99. The van der Waals surface area contributed by atoms with E-state index in [1.165, 1.54) is 32.1 Å². The van der Waals surface area contributed by atoms with Crippen molar-refractivity contribution >= 4 is 0 Å². The number of ether oxygens (including phenoxy) is 1. The highest BCUT2D eigenvalue weighted by Crippen LogP contribution is 2.29. The highest BCUT2D eigenvalue weighted by Gasteiger charge is 2.30. The van der Waals surface area contributed by atoms with Gasteiger partial charge in [-0.2, -0.15) is 0 Å². The van der Waals surface area contributed by atoms with E-state index in [0.29, 0.717) is 12.0 Å². The first-order valence-electron chi connectivity index (χ1n) is 7.30. The average Bonchev–Trinajstić information content (AvgIpc) is 2.85. The van der Waals surface area contributed by atoms with Crippen LogP contribution < -0.4 is 5.32 Å². The standard InChI is InChI=1S/C14H26N4O/c1-15-13(9-12-10-18(2)17-16-12)14(19-3)11-7-5-4-6-8-11/h10-11,13-15H,4-9H2,1-3H3. The number of rotatable bonds is 6. The molecule has 108 valence electrons. The fourth-order valence-corrected chi connectivity index (χ4v) is 3.24. The van der Waals surface area contributed by atoms with Gasteiger partial charge in [0.25, 0.3) is 0 Å². The van der Waals surface area contributed by atoms with Crippen LogP contribution in [-0.4, -0.2) is 41.3 Å². The van der Waals surface area contributed by atoms with E-state index < -0.39 is 0 Å². The van der Waals surface area contributed by atoms with E-state index in [-0.39, 0.29) is 6.10 Å². The molecule has 0 amide bonds. The number of hydrogen-bond acceptors (Lipinski definition) is 4. The van der Waals surface area contributed by atoms with Crippen LogP contribution in [0.1, 0.15) is 37.8 Å². The molecule has 19 heavy (non-hydrogen) atoms. The van der Waals surface area contributed by atoms with Crippen LogP contribution in [0.2, 0.25) is 0 Å².